The van der Waals surface area contributed by atoms with Crippen molar-refractivity contribution in [2.45, 2.75) is 0 Å². The van der Waals surface area contributed by atoms with Gasteiger partial charge in [0.05, 0.1) is 37.8 Å². The first-order valence-corrected chi connectivity index (χ1v) is 8.27. The first kappa shape index (κ1) is 22.5. The zero-order valence-corrected chi connectivity index (χ0v) is 15.9. The molecule has 0 aliphatic carbocycles. The fourth-order valence-electron chi connectivity index (χ4n) is 2.09. The molecule has 2 aromatic rings. The van der Waals surface area contributed by atoms with Crippen LogP contribution in [0.3, 0.4) is 0 Å². The van der Waals surface area contributed by atoms with Crippen molar-refractivity contribution < 1.29 is 18.9 Å². The first-order chi connectivity index (χ1) is 12.6. The maximum Gasteiger partial charge on any atom is 0.144 e. The molecule has 2 aromatic carbocycles. The van der Waals surface area contributed by atoms with E-state index in [4.69, 9.17) is 41.9 Å². The molecule has 8 N–H and O–H groups in total. The van der Waals surface area contributed by atoms with Crippen LogP contribution in [0.2, 0.25) is 0 Å². The van der Waals surface area contributed by atoms with Crippen LogP contribution in [0.25, 0.3) is 0 Å². The number of hydrogen-bond donors (Lipinski definition) is 4. The second-order valence-electron chi connectivity index (χ2n) is 5.52. The number of anilines is 4. The SMILES string of the molecule is Cl.Nc1ccc(N)c(OCCOCCOCCOc2cc(N)ccc2N)c1. The summed E-state index contributed by atoms with van der Waals surface area (Å²) < 4.78 is 21.9. The summed E-state index contributed by atoms with van der Waals surface area (Å²) in [7, 11) is 0. The lowest BCUT2D eigenvalue weighted by Crippen LogP contribution is -2.14. The van der Waals surface area contributed by atoms with E-state index in [2.05, 4.69) is 0 Å². The van der Waals surface area contributed by atoms with E-state index in [9.17, 15) is 0 Å². The Morgan fingerprint density at radius 3 is 1.33 bits per heavy atom. The molecule has 150 valence electrons. The number of hydrogen-bond acceptors (Lipinski definition) is 8. The van der Waals surface area contributed by atoms with Gasteiger partial charge in [0.15, 0.2) is 0 Å². The van der Waals surface area contributed by atoms with Gasteiger partial charge in [-0.25, -0.2) is 0 Å². The van der Waals surface area contributed by atoms with E-state index in [1.807, 2.05) is 0 Å². The molecule has 0 saturated carbocycles. The molecule has 0 amide bonds. The Labute approximate surface area is 165 Å². The topological polar surface area (TPSA) is 141 Å². The molecule has 0 aromatic heterocycles. The molecule has 9 heteroatoms. The molecule has 0 bridgehead atoms. The Morgan fingerprint density at radius 1 is 0.556 bits per heavy atom. The third kappa shape index (κ3) is 8.12. The molecule has 0 unspecified atom stereocenters. The van der Waals surface area contributed by atoms with Crippen molar-refractivity contribution >= 4 is 35.2 Å². The van der Waals surface area contributed by atoms with Gasteiger partial charge in [-0.1, -0.05) is 0 Å². The normalized spacial score (nSPS) is 10.2. The number of halogens is 1. The van der Waals surface area contributed by atoms with E-state index in [1.54, 1.807) is 36.4 Å². The highest BCUT2D eigenvalue weighted by Gasteiger charge is 2.02. The Bertz CT molecular complexity index is 644. The number of ether oxygens (including phenoxy) is 4. The molecular weight excluding hydrogens is 372 g/mol. The summed E-state index contributed by atoms with van der Waals surface area (Å²) >= 11 is 0. The highest BCUT2D eigenvalue weighted by Crippen LogP contribution is 2.24. The lowest BCUT2D eigenvalue weighted by molar-refractivity contribution is 0.0275. The predicted octanol–water partition coefficient (Wildman–Crippen LogP) is 1.93. The molecular formula is C18H27ClN4O4. The fourth-order valence-corrected chi connectivity index (χ4v) is 2.09. The highest BCUT2D eigenvalue weighted by molar-refractivity contribution is 5.85. The molecule has 0 heterocycles. The Balaban J connectivity index is 0.00000364. The highest BCUT2D eigenvalue weighted by atomic mass is 35.5. The van der Waals surface area contributed by atoms with Crippen LogP contribution < -0.4 is 32.4 Å². The third-order valence-corrected chi connectivity index (χ3v) is 3.42. The smallest absolute Gasteiger partial charge is 0.144 e. The van der Waals surface area contributed by atoms with E-state index in [0.717, 1.165) is 0 Å². The van der Waals surface area contributed by atoms with E-state index >= 15 is 0 Å². The van der Waals surface area contributed by atoms with Crippen LogP contribution in [0.1, 0.15) is 0 Å². The maximum absolute atomic E-state index is 5.79. The zero-order valence-electron chi connectivity index (χ0n) is 15.1. The zero-order chi connectivity index (χ0) is 18.8. The quantitative estimate of drug-likeness (QED) is 0.332. The maximum atomic E-state index is 5.79. The number of rotatable bonds is 11. The van der Waals surface area contributed by atoms with Gasteiger partial charge in [-0.2, -0.15) is 0 Å². The van der Waals surface area contributed by atoms with Crippen molar-refractivity contribution in [3.8, 4) is 11.5 Å². The van der Waals surface area contributed by atoms with Crippen molar-refractivity contribution in [1.29, 1.82) is 0 Å². The number of nitrogen functional groups attached to an aromatic ring is 4. The summed E-state index contributed by atoms with van der Waals surface area (Å²) in [4.78, 5) is 0. The lowest BCUT2D eigenvalue weighted by Gasteiger charge is -2.11. The van der Waals surface area contributed by atoms with Gasteiger partial charge in [0.2, 0.25) is 0 Å². The van der Waals surface area contributed by atoms with E-state index in [-0.39, 0.29) is 12.4 Å². The van der Waals surface area contributed by atoms with E-state index in [1.165, 1.54) is 0 Å². The van der Waals surface area contributed by atoms with Gasteiger partial charge in [0, 0.05) is 23.5 Å². The van der Waals surface area contributed by atoms with Gasteiger partial charge >= 0.3 is 0 Å². The van der Waals surface area contributed by atoms with Gasteiger partial charge in [-0.05, 0) is 24.3 Å². The van der Waals surface area contributed by atoms with Crippen LogP contribution in [0.5, 0.6) is 11.5 Å². The third-order valence-electron chi connectivity index (χ3n) is 3.42. The predicted molar refractivity (Wildman–Crippen MR) is 110 cm³/mol. The number of benzene rings is 2. The molecule has 0 spiro atoms. The van der Waals surface area contributed by atoms with E-state index in [0.29, 0.717) is 73.9 Å². The van der Waals surface area contributed by atoms with Crippen molar-refractivity contribution in [2.24, 2.45) is 0 Å². The van der Waals surface area contributed by atoms with Gasteiger partial charge in [0.25, 0.3) is 0 Å². The van der Waals surface area contributed by atoms with Crippen LogP contribution in [-0.4, -0.2) is 39.6 Å². The first-order valence-electron chi connectivity index (χ1n) is 8.27. The molecule has 0 saturated heterocycles. The molecule has 0 aliphatic heterocycles. The van der Waals surface area contributed by atoms with Gasteiger partial charge in [-0.15, -0.1) is 12.4 Å². The lowest BCUT2D eigenvalue weighted by atomic mass is 10.2. The second kappa shape index (κ2) is 11.9. The Kier molecular flexibility index (Phi) is 9.95. The van der Waals surface area contributed by atoms with Crippen LogP contribution >= 0.6 is 12.4 Å². The van der Waals surface area contributed by atoms with Crippen LogP contribution in [-0.2, 0) is 9.47 Å². The minimum Gasteiger partial charge on any atom is -0.489 e. The average Bonchev–Trinajstić information content (AvgIpc) is 2.62. The summed E-state index contributed by atoms with van der Waals surface area (Å²) in [6.07, 6.45) is 0. The standard InChI is InChI=1S/C18H26N4O4.ClH/c19-13-1-3-15(21)17(11-13)25-9-7-23-5-6-24-8-10-26-18-12-14(20)2-4-16(18)22;/h1-4,11-12H,5-10,19-22H2;1H. The molecule has 0 aliphatic rings. The van der Waals surface area contributed by atoms with Gasteiger partial charge in [-0.3, -0.25) is 0 Å². The largest absolute Gasteiger partial charge is 0.489 e. The molecule has 0 atom stereocenters. The summed E-state index contributed by atoms with van der Waals surface area (Å²) in [6.45, 7) is 2.52. The van der Waals surface area contributed by atoms with Crippen molar-refractivity contribution in [1.82, 2.24) is 0 Å². The fraction of sp³-hybridized carbons (Fsp3) is 0.333. The Morgan fingerprint density at radius 2 is 0.926 bits per heavy atom. The Hall–Kier alpha value is -2.55. The van der Waals surface area contributed by atoms with E-state index < -0.39 is 0 Å². The average molecular weight is 399 g/mol. The van der Waals surface area contributed by atoms with Crippen molar-refractivity contribution in [3.63, 3.8) is 0 Å². The second-order valence-corrected chi connectivity index (χ2v) is 5.52. The minimum absolute atomic E-state index is 0. The van der Waals surface area contributed by atoms with Crippen LogP contribution in [0, 0.1) is 0 Å². The summed E-state index contributed by atoms with van der Waals surface area (Å²) in [5.74, 6) is 1.12. The summed E-state index contributed by atoms with van der Waals surface area (Å²) in [5.41, 5.74) is 25.2. The van der Waals surface area contributed by atoms with Crippen LogP contribution in [0.4, 0.5) is 22.7 Å². The molecule has 8 nitrogen and oxygen atoms in total. The van der Waals surface area contributed by atoms with Crippen molar-refractivity contribution in [3.05, 3.63) is 36.4 Å². The summed E-state index contributed by atoms with van der Waals surface area (Å²) in [5, 5.41) is 0. The summed E-state index contributed by atoms with van der Waals surface area (Å²) in [6, 6.07) is 10.2. The molecule has 2 rings (SSSR count). The number of nitrogens with two attached hydrogens (primary N) is 4. The van der Waals surface area contributed by atoms with Crippen LogP contribution in [0.15, 0.2) is 36.4 Å². The van der Waals surface area contributed by atoms with Crippen molar-refractivity contribution in [2.75, 3.05) is 62.6 Å². The van der Waals surface area contributed by atoms with Gasteiger partial charge in [0.1, 0.15) is 24.7 Å². The van der Waals surface area contributed by atoms with Gasteiger partial charge < -0.3 is 41.9 Å². The minimum atomic E-state index is 0. The monoisotopic (exact) mass is 398 g/mol. The molecule has 0 radical (unpaired) electrons. The molecule has 27 heavy (non-hydrogen) atoms. The molecule has 0 fully saturated rings.